The first kappa shape index (κ1) is 12.0. The lowest BCUT2D eigenvalue weighted by molar-refractivity contribution is -0.129. The van der Waals surface area contributed by atoms with Crippen LogP contribution in [0.15, 0.2) is 0 Å². The second-order valence-corrected chi connectivity index (χ2v) is 4.36. The molecule has 15 heavy (non-hydrogen) atoms. The molecule has 0 saturated carbocycles. The topological polar surface area (TPSA) is 47.3 Å². The molecular weight excluding hydrogens is 190 g/mol. The normalized spacial score (nSPS) is 18.5. The lowest BCUT2D eigenvalue weighted by Gasteiger charge is -2.31. The van der Waals surface area contributed by atoms with Gasteiger partial charge in [-0.1, -0.05) is 0 Å². The van der Waals surface area contributed by atoms with E-state index in [1.54, 1.807) is 11.9 Å². The smallest absolute Gasteiger partial charge is 0.236 e. The van der Waals surface area contributed by atoms with Crippen molar-refractivity contribution >= 4 is 5.91 Å². The van der Waals surface area contributed by atoms with Gasteiger partial charge in [0.2, 0.25) is 5.91 Å². The standard InChI is InChI=1S/C11H19N3O/c1-13-7-4-10(5-8-13)9-14(2)11(15)3-6-12/h10H,3-5,7-9H2,1-2H3. The highest BCUT2D eigenvalue weighted by atomic mass is 16.2. The van der Waals surface area contributed by atoms with Crippen molar-refractivity contribution in [1.82, 2.24) is 9.80 Å². The predicted octanol–water partition coefficient (Wildman–Crippen LogP) is 0.700. The molecule has 1 heterocycles. The molecule has 0 aromatic rings. The summed E-state index contributed by atoms with van der Waals surface area (Å²) in [5.41, 5.74) is 0. The quantitative estimate of drug-likeness (QED) is 0.687. The Morgan fingerprint density at radius 1 is 1.53 bits per heavy atom. The molecule has 0 atom stereocenters. The van der Waals surface area contributed by atoms with Crippen molar-refractivity contribution in [2.45, 2.75) is 19.3 Å². The molecule has 0 aliphatic carbocycles. The van der Waals surface area contributed by atoms with Crippen LogP contribution < -0.4 is 0 Å². The van der Waals surface area contributed by atoms with Crippen molar-refractivity contribution < 1.29 is 4.79 Å². The first-order valence-corrected chi connectivity index (χ1v) is 5.43. The molecule has 0 N–H and O–H groups in total. The van der Waals surface area contributed by atoms with Gasteiger partial charge in [0.05, 0.1) is 6.07 Å². The SMILES string of the molecule is CN1CCC(CN(C)C(=O)CC#N)CC1. The summed E-state index contributed by atoms with van der Waals surface area (Å²) in [6, 6.07) is 1.89. The summed E-state index contributed by atoms with van der Waals surface area (Å²) < 4.78 is 0. The average Bonchev–Trinajstić information content (AvgIpc) is 2.22. The lowest BCUT2D eigenvalue weighted by Crippen LogP contribution is -2.37. The van der Waals surface area contributed by atoms with Crippen LogP contribution in [0.4, 0.5) is 0 Å². The van der Waals surface area contributed by atoms with Gasteiger partial charge in [0.25, 0.3) is 0 Å². The maximum absolute atomic E-state index is 11.4. The molecule has 1 saturated heterocycles. The number of carbonyl (C=O) groups is 1. The predicted molar refractivity (Wildman–Crippen MR) is 58.1 cm³/mol. The molecule has 0 radical (unpaired) electrons. The van der Waals surface area contributed by atoms with Gasteiger partial charge in [-0.05, 0) is 38.9 Å². The number of nitrogens with zero attached hydrogens (tertiary/aromatic N) is 3. The lowest BCUT2D eigenvalue weighted by atomic mass is 9.96. The Labute approximate surface area is 91.5 Å². The van der Waals surface area contributed by atoms with Gasteiger partial charge in [-0.25, -0.2) is 0 Å². The zero-order valence-electron chi connectivity index (χ0n) is 9.57. The molecular formula is C11H19N3O. The summed E-state index contributed by atoms with van der Waals surface area (Å²) in [5.74, 6) is 0.547. The van der Waals surface area contributed by atoms with Crippen LogP contribution >= 0.6 is 0 Å². The number of amides is 1. The molecule has 84 valence electrons. The third kappa shape index (κ3) is 3.88. The average molecular weight is 209 g/mol. The highest BCUT2D eigenvalue weighted by Gasteiger charge is 2.19. The van der Waals surface area contributed by atoms with Crippen LogP contribution in [0.25, 0.3) is 0 Å². The molecule has 1 amide bonds. The highest BCUT2D eigenvalue weighted by molar-refractivity contribution is 5.77. The minimum absolute atomic E-state index is 0.00310. The molecule has 4 heteroatoms. The summed E-state index contributed by atoms with van der Waals surface area (Å²) in [4.78, 5) is 15.4. The Bertz CT molecular complexity index is 251. The first-order valence-electron chi connectivity index (χ1n) is 5.43. The number of hydrogen-bond acceptors (Lipinski definition) is 3. The molecule has 0 aromatic carbocycles. The molecule has 0 bridgehead atoms. The largest absolute Gasteiger partial charge is 0.345 e. The zero-order chi connectivity index (χ0) is 11.3. The number of nitriles is 1. The van der Waals surface area contributed by atoms with E-state index in [2.05, 4.69) is 11.9 Å². The van der Waals surface area contributed by atoms with Gasteiger partial charge in [-0.3, -0.25) is 4.79 Å². The molecule has 1 fully saturated rings. The van der Waals surface area contributed by atoms with Crippen LogP contribution in [0.1, 0.15) is 19.3 Å². The second-order valence-electron chi connectivity index (χ2n) is 4.36. The van der Waals surface area contributed by atoms with Gasteiger partial charge < -0.3 is 9.80 Å². The van der Waals surface area contributed by atoms with Crippen LogP contribution in [0, 0.1) is 17.2 Å². The van der Waals surface area contributed by atoms with Crippen molar-refractivity contribution in [2.75, 3.05) is 33.7 Å². The summed E-state index contributed by atoms with van der Waals surface area (Å²) in [6.07, 6.45) is 2.31. The van der Waals surface area contributed by atoms with E-state index in [1.165, 1.54) is 0 Å². The maximum Gasteiger partial charge on any atom is 0.236 e. The third-order valence-corrected chi connectivity index (χ3v) is 3.03. The Morgan fingerprint density at radius 3 is 2.67 bits per heavy atom. The van der Waals surface area contributed by atoms with E-state index in [4.69, 9.17) is 5.26 Å². The van der Waals surface area contributed by atoms with Gasteiger partial charge in [-0.2, -0.15) is 5.26 Å². The fourth-order valence-corrected chi connectivity index (χ4v) is 1.94. The Morgan fingerprint density at radius 2 is 2.13 bits per heavy atom. The van der Waals surface area contributed by atoms with Crippen LogP contribution in [-0.4, -0.2) is 49.4 Å². The van der Waals surface area contributed by atoms with Crippen LogP contribution in [0.5, 0.6) is 0 Å². The molecule has 1 rings (SSSR count). The zero-order valence-corrected chi connectivity index (χ0v) is 9.57. The molecule has 4 nitrogen and oxygen atoms in total. The van der Waals surface area contributed by atoms with E-state index in [-0.39, 0.29) is 12.3 Å². The van der Waals surface area contributed by atoms with Crippen LogP contribution in [0.3, 0.4) is 0 Å². The number of piperidine rings is 1. The minimum atomic E-state index is -0.0589. The fraction of sp³-hybridized carbons (Fsp3) is 0.818. The maximum atomic E-state index is 11.4. The fourth-order valence-electron chi connectivity index (χ4n) is 1.94. The van der Waals surface area contributed by atoms with Crippen molar-refractivity contribution in [3.8, 4) is 6.07 Å². The van der Waals surface area contributed by atoms with Crippen molar-refractivity contribution in [3.05, 3.63) is 0 Å². The highest BCUT2D eigenvalue weighted by Crippen LogP contribution is 2.16. The van der Waals surface area contributed by atoms with Crippen molar-refractivity contribution in [1.29, 1.82) is 5.26 Å². The van der Waals surface area contributed by atoms with E-state index < -0.39 is 0 Å². The van der Waals surface area contributed by atoms with E-state index in [0.717, 1.165) is 32.5 Å². The van der Waals surface area contributed by atoms with E-state index in [1.807, 2.05) is 6.07 Å². The number of hydrogen-bond donors (Lipinski definition) is 0. The summed E-state index contributed by atoms with van der Waals surface area (Å²) >= 11 is 0. The molecule has 1 aliphatic heterocycles. The van der Waals surface area contributed by atoms with Crippen molar-refractivity contribution in [3.63, 3.8) is 0 Å². The van der Waals surface area contributed by atoms with Crippen LogP contribution in [0.2, 0.25) is 0 Å². The Balaban J connectivity index is 2.29. The molecule has 0 aromatic heterocycles. The minimum Gasteiger partial charge on any atom is -0.345 e. The van der Waals surface area contributed by atoms with Gasteiger partial charge in [0, 0.05) is 13.6 Å². The van der Waals surface area contributed by atoms with Crippen LogP contribution in [-0.2, 0) is 4.79 Å². The molecule has 0 spiro atoms. The molecule has 0 unspecified atom stereocenters. The van der Waals surface area contributed by atoms with E-state index >= 15 is 0 Å². The van der Waals surface area contributed by atoms with E-state index in [0.29, 0.717) is 5.92 Å². The van der Waals surface area contributed by atoms with Gasteiger partial charge in [0.15, 0.2) is 0 Å². The summed E-state index contributed by atoms with van der Waals surface area (Å²) in [6.45, 7) is 3.03. The Kier molecular flexibility index (Phi) is 4.57. The van der Waals surface area contributed by atoms with E-state index in [9.17, 15) is 4.79 Å². The summed E-state index contributed by atoms with van der Waals surface area (Å²) in [7, 11) is 3.92. The summed E-state index contributed by atoms with van der Waals surface area (Å²) in [5, 5.41) is 8.42. The van der Waals surface area contributed by atoms with Gasteiger partial charge in [-0.15, -0.1) is 0 Å². The van der Waals surface area contributed by atoms with Crippen molar-refractivity contribution in [2.24, 2.45) is 5.92 Å². The first-order chi connectivity index (χ1) is 7.13. The molecule has 1 aliphatic rings. The van der Waals surface area contributed by atoms with Gasteiger partial charge >= 0.3 is 0 Å². The second kappa shape index (κ2) is 5.72. The monoisotopic (exact) mass is 209 g/mol. The Hall–Kier alpha value is -1.08. The third-order valence-electron chi connectivity index (χ3n) is 3.03. The number of carbonyl (C=O) groups excluding carboxylic acids is 1. The van der Waals surface area contributed by atoms with Gasteiger partial charge in [0.1, 0.15) is 6.42 Å². The number of rotatable bonds is 3. The number of likely N-dealkylation sites (tertiary alicyclic amines) is 1.